The first-order valence-corrected chi connectivity index (χ1v) is 6.23. The zero-order valence-corrected chi connectivity index (χ0v) is 10.9. The minimum atomic E-state index is 0.440. The number of aryl methyl sites for hydroxylation is 2. The Morgan fingerprint density at radius 2 is 2.20 bits per heavy atom. The lowest BCUT2D eigenvalue weighted by molar-refractivity contribution is 0.172. The molecule has 1 aromatic rings. The van der Waals surface area contributed by atoms with E-state index >= 15 is 0 Å². The van der Waals surface area contributed by atoms with Gasteiger partial charge in [-0.05, 0) is 45.4 Å². The molecule has 0 fully saturated rings. The predicted octanol–water partition coefficient (Wildman–Crippen LogP) is 2.53. The summed E-state index contributed by atoms with van der Waals surface area (Å²) in [6.07, 6.45) is 1.12. The van der Waals surface area contributed by atoms with Crippen LogP contribution in [-0.2, 0) is 11.2 Å². The third kappa shape index (κ3) is 4.33. The van der Waals surface area contributed by atoms with Gasteiger partial charge in [0.25, 0.3) is 0 Å². The molecule has 86 valence electrons. The van der Waals surface area contributed by atoms with Crippen molar-refractivity contribution < 1.29 is 4.74 Å². The Bertz CT molecular complexity index is 296. The van der Waals surface area contributed by atoms with Crippen molar-refractivity contribution in [2.45, 2.75) is 33.2 Å². The lowest BCUT2D eigenvalue weighted by Crippen LogP contribution is -2.31. The number of methoxy groups -OCH3 is 1. The largest absolute Gasteiger partial charge is 0.383 e. The van der Waals surface area contributed by atoms with E-state index in [-0.39, 0.29) is 0 Å². The summed E-state index contributed by atoms with van der Waals surface area (Å²) in [4.78, 5) is 2.86. The van der Waals surface area contributed by atoms with Crippen molar-refractivity contribution in [2.24, 2.45) is 0 Å². The first-order valence-electron chi connectivity index (χ1n) is 5.41. The van der Waals surface area contributed by atoms with Crippen LogP contribution in [0.1, 0.15) is 22.2 Å². The summed E-state index contributed by atoms with van der Waals surface area (Å²) in [5.41, 5.74) is 1.48. The summed E-state index contributed by atoms with van der Waals surface area (Å²) < 4.78 is 5.07. The molecule has 1 heterocycles. The van der Waals surface area contributed by atoms with Gasteiger partial charge >= 0.3 is 0 Å². The summed E-state index contributed by atoms with van der Waals surface area (Å²) in [6.45, 7) is 8.33. The molecule has 0 spiro atoms. The van der Waals surface area contributed by atoms with Gasteiger partial charge in [0.1, 0.15) is 0 Å². The van der Waals surface area contributed by atoms with Gasteiger partial charge in [-0.25, -0.2) is 0 Å². The number of ether oxygens (including phenoxy) is 1. The number of nitrogens with one attached hydrogen (secondary N) is 1. The molecule has 3 heteroatoms. The molecule has 0 aliphatic heterocycles. The second-order valence-corrected chi connectivity index (χ2v) is 5.46. The van der Waals surface area contributed by atoms with Crippen molar-refractivity contribution in [3.8, 4) is 0 Å². The van der Waals surface area contributed by atoms with Gasteiger partial charge in [-0.1, -0.05) is 0 Å². The van der Waals surface area contributed by atoms with Crippen molar-refractivity contribution in [1.29, 1.82) is 0 Å². The highest BCUT2D eigenvalue weighted by molar-refractivity contribution is 7.12. The molecule has 1 rings (SSSR count). The van der Waals surface area contributed by atoms with Crippen LogP contribution in [0, 0.1) is 13.8 Å². The molecule has 15 heavy (non-hydrogen) atoms. The lowest BCUT2D eigenvalue weighted by Gasteiger charge is -2.12. The second kappa shape index (κ2) is 6.26. The molecular weight excluding hydrogens is 206 g/mol. The van der Waals surface area contributed by atoms with Gasteiger partial charge in [-0.2, -0.15) is 0 Å². The number of thiophene rings is 1. The van der Waals surface area contributed by atoms with Crippen LogP contribution in [-0.4, -0.2) is 26.3 Å². The van der Waals surface area contributed by atoms with E-state index in [2.05, 4.69) is 32.2 Å². The predicted molar refractivity (Wildman–Crippen MR) is 66.8 cm³/mol. The SMILES string of the molecule is COCC(C)NCCc1cc(C)sc1C. The molecular formula is C12H21NOS. The molecule has 0 aliphatic carbocycles. The van der Waals surface area contributed by atoms with E-state index in [4.69, 9.17) is 4.74 Å². The highest BCUT2D eigenvalue weighted by Gasteiger charge is 2.04. The highest BCUT2D eigenvalue weighted by atomic mass is 32.1. The maximum atomic E-state index is 5.07. The first-order chi connectivity index (χ1) is 7.13. The van der Waals surface area contributed by atoms with Gasteiger partial charge in [0.05, 0.1) is 6.61 Å². The molecule has 0 aliphatic rings. The Labute approximate surface area is 96.7 Å². The summed E-state index contributed by atoms with van der Waals surface area (Å²) >= 11 is 1.89. The van der Waals surface area contributed by atoms with Crippen molar-refractivity contribution in [3.05, 3.63) is 21.4 Å². The maximum absolute atomic E-state index is 5.07. The van der Waals surface area contributed by atoms with Crippen LogP contribution in [0.15, 0.2) is 6.07 Å². The van der Waals surface area contributed by atoms with E-state index in [1.165, 1.54) is 15.3 Å². The lowest BCUT2D eigenvalue weighted by atomic mass is 10.2. The summed E-state index contributed by atoms with van der Waals surface area (Å²) in [7, 11) is 1.74. The smallest absolute Gasteiger partial charge is 0.0613 e. The second-order valence-electron chi connectivity index (χ2n) is 4.00. The average Bonchev–Trinajstić information content (AvgIpc) is 2.46. The van der Waals surface area contributed by atoms with Gasteiger partial charge in [0.15, 0.2) is 0 Å². The topological polar surface area (TPSA) is 21.3 Å². The van der Waals surface area contributed by atoms with Gasteiger partial charge in [-0.15, -0.1) is 11.3 Å². The molecule has 0 amide bonds. The van der Waals surface area contributed by atoms with Crippen LogP contribution in [0.25, 0.3) is 0 Å². The van der Waals surface area contributed by atoms with Crippen LogP contribution in [0.5, 0.6) is 0 Å². The maximum Gasteiger partial charge on any atom is 0.0613 e. The van der Waals surface area contributed by atoms with Crippen LogP contribution >= 0.6 is 11.3 Å². The minimum absolute atomic E-state index is 0.440. The first kappa shape index (κ1) is 12.7. The fraction of sp³-hybridized carbons (Fsp3) is 0.667. The zero-order chi connectivity index (χ0) is 11.3. The van der Waals surface area contributed by atoms with Crippen molar-refractivity contribution in [1.82, 2.24) is 5.32 Å². The van der Waals surface area contributed by atoms with E-state index in [1.54, 1.807) is 7.11 Å². The molecule has 1 unspecified atom stereocenters. The number of hydrogen-bond acceptors (Lipinski definition) is 3. The van der Waals surface area contributed by atoms with E-state index in [0.29, 0.717) is 6.04 Å². The number of hydrogen-bond donors (Lipinski definition) is 1. The molecule has 0 bridgehead atoms. The quantitative estimate of drug-likeness (QED) is 0.806. The van der Waals surface area contributed by atoms with E-state index < -0.39 is 0 Å². The third-order valence-electron chi connectivity index (χ3n) is 2.45. The summed E-state index contributed by atoms with van der Waals surface area (Å²) in [6, 6.07) is 2.73. The molecule has 2 nitrogen and oxygen atoms in total. The molecule has 0 aromatic carbocycles. The van der Waals surface area contributed by atoms with Gasteiger partial charge in [-0.3, -0.25) is 0 Å². The molecule has 0 saturated heterocycles. The minimum Gasteiger partial charge on any atom is -0.383 e. The standard InChI is InChI=1S/C12H21NOS/c1-9(8-14-4)13-6-5-12-7-10(2)15-11(12)3/h7,9,13H,5-6,8H2,1-4H3. The average molecular weight is 227 g/mol. The monoisotopic (exact) mass is 227 g/mol. The van der Waals surface area contributed by atoms with E-state index in [0.717, 1.165) is 19.6 Å². The fourth-order valence-electron chi connectivity index (χ4n) is 1.69. The van der Waals surface area contributed by atoms with Crippen LogP contribution in [0.4, 0.5) is 0 Å². The number of rotatable bonds is 6. The molecule has 0 saturated carbocycles. The van der Waals surface area contributed by atoms with Crippen LogP contribution in [0.3, 0.4) is 0 Å². The van der Waals surface area contributed by atoms with Crippen molar-refractivity contribution in [3.63, 3.8) is 0 Å². The van der Waals surface area contributed by atoms with Gasteiger partial charge in [0.2, 0.25) is 0 Å². The Kier molecular flexibility index (Phi) is 5.29. The zero-order valence-electron chi connectivity index (χ0n) is 10.1. The van der Waals surface area contributed by atoms with Crippen LogP contribution in [0.2, 0.25) is 0 Å². The van der Waals surface area contributed by atoms with Crippen molar-refractivity contribution >= 4 is 11.3 Å². The Morgan fingerprint density at radius 1 is 1.47 bits per heavy atom. The summed E-state index contributed by atoms with van der Waals surface area (Å²) in [5, 5.41) is 3.45. The Hall–Kier alpha value is -0.380. The molecule has 1 aromatic heterocycles. The fourth-order valence-corrected chi connectivity index (χ4v) is 2.67. The van der Waals surface area contributed by atoms with Gasteiger partial charge < -0.3 is 10.1 Å². The van der Waals surface area contributed by atoms with E-state index in [1.807, 2.05) is 11.3 Å². The third-order valence-corrected chi connectivity index (χ3v) is 3.46. The highest BCUT2D eigenvalue weighted by Crippen LogP contribution is 2.20. The summed E-state index contributed by atoms with van der Waals surface area (Å²) in [5.74, 6) is 0. The Balaban J connectivity index is 2.28. The Morgan fingerprint density at radius 3 is 2.73 bits per heavy atom. The van der Waals surface area contributed by atoms with Crippen LogP contribution < -0.4 is 5.32 Å². The molecule has 0 radical (unpaired) electrons. The molecule has 1 atom stereocenters. The molecule has 1 N–H and O–H groups in total. The normalized spacial score (nSPS) is 13.1. The van der Waals surface area contributed by atoms with Gasteiger partial charge in [0, 0.05) is 22.9 Å². The van der Waals surface area contributed by atoms with E-state index in [9.17, 15) is 0 Å². The van der Waals surface area contributed by atoms with Crippen molar-refractivity contribution in [2.75, 3.05) is 20.3 Å².